The number of aliphatic hydroxyl groups is 2. The molecular formula is C18H20N3NaO6S2. The zero-order chi connectivity index (χ0) is 21.3. The SMILES string of the molecule is C[C@@H](O)[C@H]1C(=O)N2C(C(=O)[O-])=C(S/C=C\c3nc(C(=O)NCCO)cs3)[C@H](C)[C@H]12.[Na+]. The zero-order valence-corrected chi connectivity index (χ0v) is 20.3. The van der Waals surface area contributed by atoms with E-state index in [1.165, 1.54) is 23.2 Å². The van der Waals surface area contributed by atoms with Crippen LogP contribution in [0.3, 0.4) is 0 Å². The monoisotopic (exact) mass is 461 g/mol. The van der Waals surface area contributed by atoms with E-state index in [1.54, 1.807) is 16.9 Å². The largest absolute Gasteiger partial charge is 1.00 e. The first-order valence-corrected chi connectivity index (χ1v) is 10.7. The van der Waals surface area contributed by atoms with E-state index in [4.69, 9.17) is 5.11 Å². The van der Waals surface area contributed by atoms with Crippen LogP contribution in [-0.2, 0) is 9.59 Å². The van der Waals surface area contributed by atoms with Gasteiger partial charge in [-0.05, 0) is 18.4 Å². The van der Waals surface area contributed by atoms with Crippen molar-refractivity contribution in [1.82, 2.24) is 15.2 Å². The van der Waals surface area contributed by atoms with Gasteiger partial charge in [-0.3, -0.25) is 9.59 Å². The normalized spacial score (nSPS) is 23.8. The molecule has 0 spiro atoms. The first-order chi connectivity index (χ1) is 13.8. The summed E-state index contributed by atoms with van der Waals surface area (Å²) in [6.45, 7) is 3.31. The number of thiazole rings is 1. The molecule has 1 fully saturated rings. The average molecular weight is 461 g/mol. The molecule has 2 aliphatic heterocycles. The number of thioether (sulfide) groups is 1. The molecule has 3 rings (SSSR count). The van der Waals surface area contributed by atoms with E-state index in [2.05, 4.69) is 10.3 Å². The van der Waals surface area contributed by atoms with Crippen molar-refractivity contribution in [2.75, 3.05) is 13.2 Å². The van der Waals surface area contributed by atoms with Gasteiger partial charge in [-0.1, -0.05) is 18.7 Å². The van der Waals surface area contributed by atoms with Crippen LogP contribution in [0.15, 0.2) is 21.4 Å². The second-order valence-corrected chi connectivity index (χ2v) is 8.56. The molecule has 0 saturated carbocycles. The summed E-state index contributed by atoms with van der Waals surface area (Å²) in [5.41, 5.74) is 0.0776. The molecule has 156 valence electrons. The van der Waals surface area contributed by atoms with Crippen molar-refractivity contribution >= 4 is 47.0 Å². The van der Waals surface area contributed by atoms with E-state index in [-0.39, 0.29) is 65.9 Å². The van der Waals surface area contributed by atoms with Crippen LogP contribution in [0.1, 0.15) is 29.3 Å². The van der Waals surface area contributed by atoms with Gasteiger partial charge < -0.3 is 30.3 Å². The van der Waals surface area contributed by atoms with Crippen LogP contribution >= 0.6 is 23.1 Å². The summed E-state index contributed by atoms with van der Waals surface area (Å²) in [7, 11) is 0. The topological polar surface area (TPSA) is 143 Å². The van der Waals surface area contributed by atoms with Gasteiger partial charge in [0.15, 0.2) is 0 Å². The molecule has 0 radical (unpaired) electrons. The molecule has 1 saturated heterocycles. The quantitative estimate of drug-likeness (QED) is 0.266. The summed E-state index contributed by atoms with van der Waals surface area (Å²) in [6, 6.07) is -0.395. The molecule has 12 heteroatoms. The Morgan fingerprint density at radius 3 is 2.80 bits per heavy atom. The molecule has 0 aliphatic carbocycles. The number of rotatable bonds is 8. The number of β-lactam (4-membered cyclic amide) rings is 1. The van der Waals surface area contributed by atoms with Gasteiger partial charge in [0, 0.05) is 22.7 Å². The predicted octanol–water partition coefficient (Wildman–Crippen LogP) is -3.61. The van der Waals surface area contributed by atoms with Crippen LogP contribution in [0.25, 0.3) is 6.08 Å². The maximum atomic E-state index is 12.3. The fourth-order valence-electron chi connectivity index (χ4n) is 3.56. The molecule has 1 aromatic heterocycles. The third kappa shape index (κ3) is 4.67. The summed E-state index contributed by atoms with van der Waals surface area (Å²) < 4.78 is 0. The molecular weight excluding hydrogens is 441 g/mol. The molecule has 0 aromatic carbocycles. The predicted molar refractivity (Wildman–Crippen MR) is 105 cm³/mol. The van der Waals surface area contributed by atoms with Crippen LogP contribution in [0.5, 0.6) is 0 Å². The van der Waals surface area contributed by atoms with Crippen molar-refractivity contribution in [1.29, 1.82) is 0 Å². The van der Waals surface area contributed by atoms with Crippen molar-refractivity contribution in [3.05, 3.63) is 32.1 Å². The zero-order valence-electron chi connectivity index (χ0n) is 16.7. The Morgan fingerprint density at radius 1 is 1.50 bits per heavy atom. The number of carbonyl (C=O) groups excluding carboxylic acids is 3. The number of hydrogen-bond donors (Lipinski definition) is 3. The summed E-state index contributed by atoms with van der Waals surface area (Å²) in [5.74, 6) is -3.11. The van der Waals surface area contributed by atoms with Crippen molar-refractivity contribution < 1.29 is 59.3 Å². The number of carboxylic acid groups (broad SMARTS) is 1. The fraction of sp³-hybridized carbons (Fsp3) is 0.444. The van der Waals surface area contributed by atoms with E-state index in [9.17, 15) is 24.6 Å². The maximum Gasteiger partial charge on any atom is 1.00 e. The van der Waals surface area contributed by atoms with Crippen molar-refractivity contribution in [3.8, 4) is 0 Å². The number of aliphatic hydroxyl groups excluding tert-OH is 2. The number of carbonyl (C=O) groups is 3. The molecule has 2 aliphatic rings. The van der Waals surface area contributed by atoms with E-state index in [1.807, 2.05) is 6.92 Å². The first kappa shape index (κ1) is 25.1. The molecule has 3 N–H and O–H groups in total. The van der Waals surface area contributed by atoms with Crippen molar-refractivity contribution in [3.63, 3.8) is 0 Å². The number of carboxylic acids is 1. The Bertz CT molecular complexity index is 900. The Kier molecular flexibility index (Phi) is 8.69. The number of aliphatic carboxylic acids is 1. The maximum absolute atomic E-state index is 12.3. The number of nitrogens with one attached hydrogen (secondary N) is 1. The summed E-state index contributed by atoms with van der Waals surface area (Å²) in [6.07, 6.45) is 0.786. The first-order valence-electron chi connectivity index (χ1n) is 8.92. The number of nitrogens with zero attached hydrogens (tertiary/aromatic N) is 2. The van der Waals surface area contributed by atoms with Gasteiger partial charge in [-0.2, -0.15) is 0 Å². The second-order valence-electron chi connectivity index (χ2n) is 6.73. The summed E-state index contributed by atoms with van der Waals surface area (Å²) in [5, 5.41) is 36.5. The van der Waals surface area contributed by atoms with Crippen molar-refractivity contribution in [2.45, 2.75) is 26.0 Å². The van der Waals surface area contributed by atoms with Crippen LogP contribution < -0.4 is 40.0 Å². The van der Waals surface area contributed by atoms with Crippen LogP contribution in [0.4, 0.5) is 0 Å². The van der Waals surface area contributed by atoms with Gasteiger partial charge in [0.1, 0.15) is 10.7 Å². The van der Waals surface area contributed by atoms with Crippen molar-refractivity contribution in [2.24, 2.45) is 11.8 Å². The Balaban J connectivity index is 0.00000320. The third-order valence-corrected chi connectivity index (χ3v) is 6.76. The summed E-state index contributed by atoms with van der Waals surface area (Å²) in [4.78, 5) is 41.6. The molecule has 9 nitrogen and oxygen atoms in total. The van der Waals surface area contributed by atoms with Gasteiger partial charge in [0.25, 0.3) is 5.91 Å². The number of hydrogen-bond acceptors (Lipinski definition) is 9. The smallest absolute Gasteiger partial charge is 0.543 e. The van der Waals surface area contributed by atoms with Gasteiger partial charge in [-0.25, -0.2) is 4.98 Å². The fourth-order valence-corrected chi connectivity index (χ4v) is 5.33. The number of amides is 2. The van der Waals surface area contributed by atoms with Crippen LogP contribution in [0.2, 0.25) is 0 Å². The standard InChI is InChI=1S/C18H21N3O6S2.Na/c1-8-13-12(9(2)23)17(25)21(13)14(18(26)27)15(8)28-6-3-11-20-10(7-29-11)16(24)19-4-5-22;/h3,6-9,12-13,22-23H,4-5H2,1-2H3,(H,19,24)(H,26,27);/q;+1/p-1/b6-3-;/t8-,9-,12-,13-;/m1./s1. The van der Waals surface area contributed by atoms with Gasteiger partial charge >= 0.3 is 29.6 Å². The van der Waals surface area contributed by atoms with Crippen LogP contribution in [-0.4, -0.2) is 63.2 Å². The summed E-state index contributed by atoms with van der Waals surface area (Å²) >= 11 is 2.40. The molecule has 1 aromatic rings. The molecule has 0 unspecified atom stereocenters. The van der Waals surface area contributed by atoms with Crippen LogP contribution in [0, 0.1) is 11.8 Å². The minimum atomic E-state index is -1.43. The van der Waals surface area contributed by atoms with E-state index in [0.717, 1.165) is 11.8 Å². The number of aromatic nitrogens is 1. The van der Waals surface area contributed by atoms with E-state index >= 15 is 0 Å². The minimum absolute atomic E-state index is 0. The second kappa shape index (κ2) is 10.4. The third-order valence-electron chi connectivity index (χ3n) is 4.86. The van der Waals surface area contributed by atoms with Gasteiger partial charge in [0.2, 0.25) is 5.91 Å². The molecule has 4 atom stereocenters. The number of fused-ring (bicyclic) bond motifs is 1. The molecule has 30 heavy (non-hydrogen) atoms. The average Bonchev–Trinajstić information content (AvgIpc) is 3.22. The minimum Gasteiger partial charge on any atom is -0.543 e. The molecule has 0 bridgehead atoms. The van der Waals surface area contributed by atoms with Gasteiger partial charge in [-0.15, -0.1) is 11.3 Å². The van der Waals surface area contributed by atoms with E-state index < -0.39 is 29.9 Å². The molecule has 3 heterocycles. The van der Waals surface area contributed by atoms with Gasteiger partial charge in [0.05, 0.1) is 36.3 Å². The van der Waals surface area contributed by atoms with E-state index in [0.29, 0.717) is 9.91 Å². The Labute approximate surface area is 203 Å². The Hall–Kier alpha value is -1.21. The molecule has 2 amide bonds. The Morgan fingerprint density at radius 2 is 2.20 bits per heavy atom.